The molecule has 16 heavy (non-hydrogen) atoms. The van der Waals surface area contributed by atoms with Crippen molar-refractivity contribution in [2.24, 2.45) is 0 Å². The summed E-state index contributed by atoms with van der Waals surface area (Å²) in [6, 6.07) is 10.5. The molecule has 1 aromatic rings. The smallest absolute Gasteiger partial charge is 0.123 e. The van der Waals surface area contributed by atoms with Gasteiger partial charge in [0.05, 0.1) is 0 Å². The molecule has 1 N–H and O–H groups in total. The molecule has 90 valence electrons. The molecule has 0 amide bonds. The molecule has 4 heteroatoms. The molecule has 0 saturated carbocycles. The minimum absolute atomic E-state index is 0. The van der Waals surface area contributed by atoms with Crippen LogP contribution in [0.2, 0.25) is 0 Å². The first-order valence-corrected chi connectivity index (χ1v) is 5.41. The van der Waals surface area contributed by atoms with E-state index in [0.717, 1.165) is 26.2 Å². The molecular formula is C12H19ClN2O. The summed E-state index contributed by atoms with van der Waals surface area (Å²) in [7, 11) is 1.77. The van der Waals surface area contributed by atoms with Crippen molar-refractivity contribution < 1.29 is 4.74 Å². The summed E-state index contributed by atoms with van der Waals surface area (Å²) in [4.78, 5) is 2.37. The fourth-order valence-electron chi connectivity index (χ4n) is 1.95. The highest BCUT2D eigenvalue weighted by molar-refractivity contribution is 5.85. The van der Waals surface area contributed by atoms with Crippen molar-refractivity contribution in [3.8, 4) is 0 Å². The summed E-state index contributed by atoms with van der Waals surface area (Å²) in [6.07, 6.45) is 0.207. The van der Waals surface area contributed by atoms with Crippen LogP contribution in [0.25, 0.3) is 0 Å². The molecule has 1 aromatic carbocycles. The van der Waals surface area contributed by atoms with Gasteiger partial charge in [0, 0.05) is 33.3 Å². The molecule has 1 aliphatic heterocycles. The van der Waals surface area contributed by atoms with Gasteiger partial charge in [-0.05, 0) is 5.56 Å². The lowest BCUT2D eigenvalue weighted by atomic mass is 10.2. The number of nitrogens with zero attached hydrogens (tertiary/aromatic N) is 1. The summed E-state index contributed by atoms with van der Waals surface area (Å²) in [6.45, 7) is 3.99. The molecular weight excluding hydrogens is 224 g/mol. The molecule has 1 fully saturated rings. The molecule has 1 unspecified atom stereocenters. The number of methoxy groups -OCH3 is 1. The minimum Gasteiger partial charge on any atom is -0.365 e. The van der Waals surface area contributed by atoms with Crippen LogP contribution in [-0.2, 0) is 11.3 Å². The zero-order valence-electron chi connectivity index (χ0n) is 9.56. The van der Waals surface area contributed by atoms with Crippen LogP contribution >= 0.6 is 12.4 Å². The summed E-state index contributed by atoms with van der Waals surface area (Å²) in [5, 5.41) is 3.33. The predicted molar refractivity (Wildman–Crippen MR) is 67.8 cm³/mol. The first-order valence-electron chi connectivity index (χ1n) is 5.41. The van der Waals surface area contributed by atoms with Gasteiger partial charge in [0.2, 0.25) is 0 Å². The maximum atomic E-state index is 5.44. The van der Waals surface area contributed by atoms with Gasteiger partial charge in [-0.1, -0.05) is 30.3 Å². The van der Waals surface area contributed by atoms with Crippen molar-refractivity contribution >= 4 is 12.4 Å². The van der Waals surface area contributed by atoms with Crippen molar-refractivity contribution in [3.63, 3.8) is 0 Å². The Morgan fingerprint density at radius 3 is 2.81 bits per heavy atom. The monoisotopic (exact) mass is 242 g/mol. The number of piperazine rings is 1. The molecule has 0 bridgehead atoms. The molecule has 0 aromatic heterocycles. The Morgan fingerprint density at radius 2 is 2.12 bits per heavy atom. The van der Waals surface area contributed by atoms with Crippen molar-refractivity contribution in [2.45, 2.75) is 12.8 Å². The van der Waals surface area contributed by atoms with Gasteiger partial charge in [0.25, 0.3) is 0 Å². The van der Waals surface area contributed by atoms with Crippen LogP contribution in [-0.4, -0.2) is 37.9 Å². The molecule has 0 radical (unpaired) electrons. The van der Waals surface area contributed by atoms with Crippen molar-refractivity contribution in [1.82, 2.24) is 10.2 Å². The van der Waals surface area contributed by atoms with E-state index in [-0.39, 0.29) is 18.6 Å². The van der Waals surface area contributed by atoms with E-state index in [0.29, 0.717) is 0 Å². The highest BCUT2D eigenvalue weighted by atomic mass is 35.5. The molecule has 1 saturated heterocycles. The molecule has 0 spiro atoms. The van der Waals surface area contributed by atoms with Crippen LogP contribution in [0.3, 0.4) is 0 Å². The van der Waals surface area contributed by atoms with Crippen molar-refractivity contribution in [1.29, 1.82) is 0 Å². The number of nitrogens with one attached hydrogen (secondary N) is 1. The third kappa shape index (κ3) is 3.46. The molecule has 1 atom stereocenters. The van der Waals surface area contributed by atoms with Crippen LogP contribution < -0.4 is 5.32 Å². The van der Waals surface area contributed by atoms with E-state index in [1.807, 2.05) is 0 Å². The van der Waals surface area contributed by atoms with E-state index >= 15 is 0 Å². The largest absolute Gasteiger partial charge is 0.365 e. The maximum Gasteiger partial charge on any atom is 0.123 e. The van der Waals surface area contributed by atoms with Gasteiger partial charge in [-0.3, -0.25) is 4.90 Å². The summed E-state index contributed by atoms with van der Waals surface area (Å²) in [5.74, 6) is 0. The Morgan fingerprint density at radius 1 is 1.38 bits per heavy atom. The van der Waals surface area contributed by atoms with Crippen LogP contribution in [0.4, 0.5) is 0 Å². The molecule has 0 aliphatic carbocycles. The van der Waals surface area contributed by atoms with Crippen LogP contribution in [0.1, 0.15) is 5.56 Å². The quantitative estimate of drug-likeness (QED) is 0.869. The Balaban J connectivity index is 0.00000128. The number of benzene rings is 1. The van der Waals surface area contributed by atoms with E-state index in [9.17, 15) is 0 Å². The van der Waals surface area contributed by atoms with Gasteiger partial charge in [-0.2, -0.15) is 0 Å². The number of halogens is 1. The lowest BCUT2D eigenvalue weighted by molar-refractivity contribution is -0.0500. The van der Waals surface area contributed by atoms with Gasteiger partial charge in [0.1, 0.15) is 6.23 Å². The lowest BCUT2D eigenvalue weighted by Gasteiger charge is -2.34. The normalized spacial score (nSPS) is 21.4. The number of rotatable bonds is 3. The fourth-order valence-corrected chi connectivity index (χ4v) is 1.95. The maximum absolute atomic E-state index is 5.44. The number of ether oxygens (including phenoxy) is 1. The summed E-state index contributed by atoms with van der Waals surface area (Å²) < 4.78 is 5.44. The highest BCUT2D eigenvalue weighted by Gasteiger charge is 2.21. The molecule has 1 aliphatic rings. The highest BCUT2D eigenvalue weighted by Crippen LogP contribution is 2.10. The third-order valence-corrected chi connectivity index (χ3v) is 2.80. The van der Waals surface area contributed by atoms with E-state index < -0.39 is 0 Å². The first-order chi connectivity index (χ1) is 7.40. The standard InChI is InChI=1S/C12H18N2O.ClH/c1-15-12-9-13-7-8-14(12)10-11-5-3-2-4-6-11;/h2-6,12-13H,7-10H2,1H3;1H. The molecule has 1 heterocycles. The Bertz CT molecular complexity index is 294. The van der Waals surface area contributed by atoms with E-state index in [2.05, 4.69) is 40.5 Å². The average Bonchev–Trinajstić information content (AvgIpc) is 2.31. The summed E-state index contributed by atoms with van der Waals surface area (Å²) >= 11 is 0. The van der Waals surface area contributed by atoms with Gasteiger partial charge in [0.15, 0.2) is 0 Å². The minimum atomic E-state index is 0. The van der Waals surface area contributed by atoms with E-state index in [1.54, 1.807) is 7.11 Å². The predicted octanol–water partition coefficient (Wildman–Crippen LogP) is 1.49. The Labute approximate surface area is 103 Å². The Hall–Kier alpha value is -0.610. The van der Waals surface area contributed by atoms with E-state index in [1.165, 1.54) is 5.56 Å². The zero-order chi connectivity index (χ0) is 10.5. The second-order valence-electron chi connectivity index (χ2n) is 3.85. The first kappa shape index (κ1) is 13.5. The lowest BCUT2D eigenvalue weighted by Crippen LogP contribution is -2.51. The van der Waals surface area contributed by atoms with Gasteiger partial charge in [-0.25, -0.2) is 0 Å². The van der Waals surface area contributed by atoms with E-state index in [4.69, 9.17) is 4.74 Å². The third-order valence-electron chi connectivity index (χ3n) is 2.80. The average molecular weight is 243 g/mol. The summed E-state index contributed by atoms with van der Waals surface area (Å²) in [5.41, 5.74) is 1.35. The van der Waals surface area contributed by atoms with Crippen molar-refractivity contribution in [2.75, 3.05) is 26.7 Å². The SMILES string of the molecule is COC1CNCCN1Cc1ccccc1.Cl. The van der Waals surface area contributed by atoms with Gasteiger partial charge < -0.3 is 10.1 Å². The van der Waals surface area contributed by atoms with Crippen LogP contribution in [0, 0.1) is 0 Å². The molecule has 3 nitrogen and oxygen atoms in total. The van der Waals surface area contributed by atoms with Gasteiger partial charge >= 0.3 is 0 Å². The zero-order valence-corrected chi connectivity index (χ0v) is 10.4. The second kappa shape index (κ2) is 6.86. The fraction of sp³-hybridized carbons (Fsp3) is 0.500. The number of hydrogen-bond donors (Lipinski definition) is 1. The Kier molecular flexibility index (Phi) is 5.77. The van der Waals surface area contributed by atoms with Crippen molar-refractivity contribution in [3.05, 3.63) is 35.9 Å². The van der Waals surface area contributed by atoms with Crippen LogP contribution in [0.5, 0.6) is 0 Å². The van der Waals surface area contributed by atoms with Crippen LogP contribution in [0.15, 0.2) is 30.3 Å². The van der Waals surface area contributed by atoms with Gasteiger partial charge in [-0.15, -0.1) is 12.4 Å². The second-order valence-corrected chi connectivity index (χ2v) is 3.85. The molecule has 2 rings (SSSR count). The number of hydrogen-bond acceptors (Lipinski definition) is 3. The topological polar surface area (TPSA) is 24.5 Å².